The number of amides is 1. The number of rotatable bonds is 3. The predicted molar refractivity (Wildman–Crippen MR) is 89.1 cm³/mol. The van der Waals surface area contributed by atoms with Crippen LogP contribution in [-0.4, -0.2) is 15.7 Å². The molecule has 0 radical (unpaired) electrons. The highest BCUT2D eigenvalue weighted by Gasteiger charge is 2.30. The molecule has 0 aliphatic heterocycles. The topological polar surface area (TPSA) is 46.9 Å². The third-order valence-corrected chi connectivity index (χ3v) is 4.08. The van der Waals surface area contributed by atoms with Crippen molar-refractivity contribution in [3.05, 3.63) is 44.7 Å². The van der Waals surface area contributed by atoms with E-state index in [1.54, 1.807) is 23.0 Å². The molecule has 4 nitrogen and oxygen atoms in total. The minimum absolute atomic E-state index is 0.126. The van der Waals surface area contributed by atoms with Gasteiger partial charge in [0.1, 0.15) is 5.54 Å². The van der Waals surface area contributed by atoms with Crippen LogP contribution < -0.4 is 5.32 Å². The van der Waals surface area contributed by atoms with E-state index >= 15 is 0 Å². The summed E-state index contributed by atoms with van der Waals surface area (Å²) in [7, 11) is 0. The van der Waals surface area contributed by atoms with Crippen molar-refractivity contribution < 1.29 is 4.79 Å². The van der Waals surface area contributed by atoms with Gasteiger partial charge in [0, 0.05) is 16.9 Å². The van der Waals surface area contributed by atoms with Gasteiger partial charge in [-0.15, -0.1) is 0 Å². The van der Waals surface area contributed by atoms with Crippen LogP contribution in [-0.2, 0) is 10.3 Å². The maximum atomic E-state index is 12.4. The predicted octanol–water partition coefficient (Wildman–Crippen LogP) is 3.82. The Balaban J connectivity index is 2.20. The molecule has 0 bridgehead atoms. The molecule has 0 aliphatic rings. The summed E-state index contributed by atoms with van der Waals surface area (Å²) in [4.78, 5) is 12.4. The molecule has 2 aromatic rings. The first kappa shape index (κ1) is 15.3. The van der Waals surface area contributed by atoms with Crippen molar-refractivity contribution in [2.24, 2.45) is 0 Å². The summed E-state index contributed by atoms with van der Waals surface area (Å²) in [6, 6.07) is 5.41. The van der Waals surface area contributed by atoms with Crippen LogP contribution in [0.5, 0.6) is 0 Å². The van der Waals surface area contributed by atoms with E-state index in [2.05, 4.69) is 33.0 Å². The van der Waals surface area contributed by atoms with Crippen LogP contribution in [0.2, 0.25) is 5.02 Å². The number of hydrogen-bond donors (Lipinski definition) is 1. The number of carbonyl (C=O) groups is 1. The lowest BCUT2D eigenvalue weighted by molar-refractivity contribution is -0.123. The molecule has 0 saturated heterocycles. The molecule has 0 saturated carbocycles. The molecule has 6 heteroatoms. The van der Waals surface area contributed by atoms with Crippen molar-refractivity contribution >= 4 is 45.8 Å². The lowest BCUT2D eigenvalue weighted by atomic mass is 10.0. The van der Waals surface area contributed by atoms with Crippen molar-refractivity contribution in [3.8, 4) is 0 Å². The van der Waals surface area contributed by atoms with Crippen LogP contribution in [0.15, 0.2) is 30.6 Å². The van der Waals surface area contributed by atoms with Gasteiger partial charge < -0.3 is 5.32 Å². The monoisotopic (exact) mass is 403 g/mol. The number of halogens is 2. The van der Waals surface area contributed by atoms with Crippen LogP contribution >= 0.6 is 34.2 Å². The third-order valence-electron chi connectivity index (χ3n) is 3.10. The van der Waals surface area contributed by atoms with E-state index in [9.17, 15) is 4.79 Å². The smallest absolute Gasteiger partial charge is 0.251 e. The summed E-state index contributed by atoms with van der Waals surface area (Å²) in [6.45, 7) is 5.56. The average molecular weight is 404 g/mol. The summed E-state index contributed by atoms with van der Waals surface area (Å²) < 4.78 is 2.65. The Hall–Kier alpha value is -1.08. The maximum absolute atomic E-state index is 12.4. The van der Waals surface area contributed by atoms with Crippen LogP contribution in [0.3, 0.4) is 0 Å². The standard InChI is InChI=1S/C14H15ClIN3O/c1-9-6-11(4-5-12(9)15)18-13(20)14(2,3)19-8-10(16)7-17-19/h4-8H,1-3H3,(H,18,20). The van der Waals surface area contributed by atoms with E-state index in [1.807, 2.05) is 33.0 Å². The number of nitrogens with zero attached hydrogens (tertiary/aromatic N) is 2. The molecule has 2 rings (SSSR count). The number of carbonyl (C=O) groups excluding carboxylic acids is 1. The normalized spacial score (nSPS) is 11.4. The van der Waals surface area contributed by atoms with Crippen LogP contribution in [0.4, 0.5) is 5.69 Å². The van der Waals surface area contributed by atoms with Gasteiger partial charge in [-0.2, -0.15) is 5.10 Å². The second kappa shape index (κ2) is 5.73. The molecule has 0 aliphatic carbocycles. The number of aromatic nitrogens is 2. The first-order chi connectivity index (χ1) is 9.30. The summed E-state index contributed by atoms with van der Waals surface area (Å²) in [6.07, 6.45) is 3.56. The van der Waals surface area contributed by atoms with Crippen LogP contribution in [0, 0.1) is 10.5 Å². The molecule has 106 valence electrons. The van der Waals surface area contributed by atoms with E-state index in [-0.39, 0.29) is 5.91 Å². The Morgan fingerprint density at radius 3 is 2.70 bits per heavy atom. The van der Waals surface area contributed by atoms with Gasteiger partial charge in [0.25, 0.3) is 5.91 Å². The molecule has 0 fully saturated rings. The van der Waals surface area contributed by atoms with Crippen molar-refractivity contribution in [1.29, 1.82) is 0 Å². The minimum atomic E-state index is -0.767. The highest BCUT2D eigenvalue weighted by Crippen LogP contribution is 2.22. The maximum Gasteiger partial charge on any atom is 0.251 e. The lowest BCUT2D eigenvalue weighted by Crippen LogP contribution is -2.40. The fourth-order valence-corrected chi connectivity index (χ4v) is 2.22. The SMILES string of the molecule is Cc1cc(NC(=O)C(C)(C)n2cc(I)cn2)ccc1Cl. The van der Waals surface area contributed by atoms with Gasteiger partial charge in [-0.05, 0) is 67.1 Å². The highest BCUT2D eigenvalue weighted by molar-refractivity contribution is 14.1. The number of hydrogen-bond acceptors (Lipinski definition) is 2. The zero-order valence-electron chi connectivity index (χ0n) is 11.4. The Morgan fingerprint density at radius 1 is 1.45 bits per heavy atom. The van der Waals surface area contributed by atoms with E-state index in [1.165, 1.54) is 0 Å². The molecule has 20 heavy (non-hydrogen) atoms. The number of aryl methyl sites for hydroxylation is 1. The van der Waals surface area contributed by atoms with Crippen LogP contribution in [0.1, 0.15) is 19.4 Å². The zero-order chi connectivity index (χ0) is 14.9. The number of nitrogens with one attached hydrogen (secondary N) is 1. The van der Waals surface area contributed by atoms with Crippen molar-refractivity contribution in [2.75, 3.05) is 5.32 Å². The third kappa shape index (κ3) is 3.15. The molecule has 1 amide bonds. The first-order valence-electron chi connectivity index (χ1n) is 6.09. The molecular weight excluding hydrogens is 389 g/mol. The minimum Gasteiger partial charge on any atom is -0.324 e. The van der Waals surface area contributed by atoms with Crippen molar-refractivity contribution in [3.63, 3.8) is 0 Å². The van der Waals surface area contributed by atoms with Gasteiger partial charge in [0.15, 0.2) is 0 Å². The lowest BCUT2D eigenvalue weighted by Gasteiger charge is -2.24. The van der Waals surface area contributed by atoms with E-state index in [0.29, 0.717) is 5.02 Å². The van der Waals surface area contributed by atoms with Gasteiger partial charge in [-0.25, -0.2) is 0 Å². The summed E-state index contributed by atoms with van der Waals surface area (Å²) in [5.41, 5.74) is 0.888. The quantitative estimate of drug-likeness (QED) is 0.792. The Morgan fingerprint density at radius 2 is 2.15 bits per heavy atom. The molecule has 1 aromatic carbocycles. The second-order valence-electron chi connectivity index (χ2n) is 5.08. The fourth-order valence-electron chi connectivity index (χ4n) is 1.72. The molecule has 0 spiro atoms. The molecule has 1 aromatic heterocycles. The second-order valence-corrected chi connectivity index (χ2v) is 6.73. The van der Waals surface area contributed by atoms with Crippen molar-refractivity contribution in [1.82, 2.24) is 9.78 Å². The number of benzene rings is 1. The van der Waals surface area contributed by atoms with E-state index < -0.39 is 5.54 Å². The molecule has 1 N–H and O–H groups in total. The van der Waals surface area contributed by atoms with Crippen molar-refractivity contribution in [2.45, 2.75) is 26.3 Å². The highest BCUT2D eigenvalue weighted by atomic mass is 127. The molecular formula is C14H15ClIN3O. The fraction of sp³-hybridized carbons (Fsp3) is 0.286. The van der Waals surface area contributed by atoms with E-state index in [0.717, 1.165) is 14.8 Å². The van der Waals surface area contributed by atoms with Gasteiger partial charge in [-0.3, -0.25) is 9.48 Å². The summed E-state index contributed by atoms with van der Waals surface area (Å²) in [5.74, 6) is -0.126. The van der Waals surface area contributed by atoms with Gasteiger partial charge in [0.05, 0.1) is 9.77 Å². The van der Waals surface area contributed by atoms with E-state index in [4.69, 9.17) is 11.6 Å². The Kier molecular flexibility index (Phi) is 4.39. The average Bonchev–Trinajstić information content (AvgIpc) is 2.81. The molecule has 1 heterocycles. The van der Waals surface area contributed by atoms with Gasteiger partial charge in [0.2, 0.25) is 0 Å². The van der Waals surface area contributed by atoms with Gasteiger partial charge in [-0.1, -0.05) is 11.6 Å². The molecule has 0 unspecified atom stereocenters. The zero-order valence-corrected chi connectivity index (χ0v) is 14.4. The Labute approximate surface area is 136 Å². The number of anilines is 1. The first-order valence-corrected chi connectivity index (χ1v) is 7.54. The molecule has 0 atom stereocenters. The van der Waals surface area contributed by atoms with Crippen LogP contribution in [0.25, 0.3) is 0 Å². The Bertz CT molecular complexity index is 652. The summed E-state index contributed by atoms with van der Waals surface area (Å²) >= 11 is 8.14. The largest absolute Gasteiger partial charge is 0.324 e. The summed E-state index contributed by atoms with van der Waals surface area (Å²) in [5, 5.41) is 7.79. The van der Waals surface area contributed by atoms with Gasteiger partial charge >= 0.3 is 0 Å².